The molecule has 11 aromatic rings. The van der Waals surface area contributed by atoms with Gasteiger partial charge in [0.15, 0.2) is 46.0 Å². The van der Waals surface area contributed by atoms with E-state index in [-0.39, 0.29) is 77.3 Å². The van der Waals surface area contributed by atoms with Crippen LogP contribution in [-0.2, 0) is 86.1 Å². The summed E-state index contributed by atoms with van der Waals surface area (Å²) in [6, 6.07) is 78.9. The number of rotatable bonds is 37. The maximum absolute atomic E-state index is 13.4. The molecule has 21 heteroatoms. The monoisotopic (exact) mass is 1530 g/mol. The number of halogens is 4. The van der Waals surface area contributed by atoms with Gasteiger partial charge in [-0.05, 0) is 197 Å². The Morgan fingerprint density at radius 3 is 0.955 bits per heavy atom. The van der Waals surface area contributed by atoms with E-state index < -0.39 is 0 Å². The molecule has 0 atom stereocenters. The summed E-state index contributed by atoms with van der Waals surface area (Å²) < 4.78 is 103. The Bertz CT molecular complexity index is 4570. The van der Waals surface area contributed by atoms with E-state index in [9.17, 15) is 27.2 Å². The molecule has 0 spiro atoms. The van der Waals surface area contributed by atoms with Gasteiger partial charge in [0.25, 0.3) is 0 Å². The quantitative estimate of drug-likeness (QED) is 0.0144. The van der Waals surface area contributed by atoms with Crippen LogP contribution < -0.4 is 54.7 Å². The number of carbonyl (C=O) groups excluding carboxylic acids is 2. The van der Waals surface area contributed by atoms with Crippen LogP contribution in [0.4, 0.5) is 17.6 Å². The van der Waals surface area contributed by atoms with E-state index in [1.807, 2.05) is 181 Å². The third-order valence-corrected chi connectivity index (χ3v) is 17.1. The standard InChI is InChI=1S/C26H28FNO4.C25H27FN2O3.C23H24FNO2.C16H18FNO2.CH4.B/c1-30-25-16-20(11-12-24(25)32-19-22-9-6-10-23(27)15-22)13-14-28(18-26(29)31-2)17-21-7-4-3-5-8-21;1-30-24-15-19(10-11-23(24)31-18-21-8-5-9-22(26)14-21)12-13-28(17-25(27)29)16-20-6-3-2-4-7-20;1-26-23-15-18(12-13-25-16-19-6-3-2-4-7-19)10-11-22(23)27-17-20-8-5-9-21(24)14-20;1-19-16-10-12(7-8-18)5-6-15(16)20-11-13-3-2-4-14(17)9-13;;/h3-12,15-16H,13-14,17-19H2,1-2H3;2-11,14-15H,12-13,16-18H2,1H3,(H2,27,29);2-11,14-15,25H,12-13,16-17H2,1H3;2-6,9-10H,7-8,11,18H2,1H3;1H4;. The highest BCUT2D eigenvalue weighted by Gasteiger charge is 2.17. The fraction of sp³-hybridized carbons (Fsp3) is 0.253. The van der Waals surface area contributed by atoms with Crippen molar-refractivity contribution in [1.29, 1.82) is 0 Å². The molecule has 1 amide bonds. The molecule has 0 saturated heterocycles. The van der Waals surface area contributed by atoms with Gasteiger partial charge in [0, 0.05) is 41.1 Å². The minimum Gasteiger partial charge on any atom is -0.493 e. The van der Waals surface area contributed by atoms with Crippen LogP contribution in [0.25, 0.3) is 0 Å². The molecule has 112 heavy (non-hydrogen) atoms. The van der Waals surface area contributed by atoms with E-state index >= 15 is 0 Å². The lowest BCUT2D eigenvalue weighted by Crippen LogP contribution is -2.34. The summed E-state index contributed by atoms with van der Waals surface area (Å²) in [4.78, 5) is 27.4. The number of nitrogens with zero attached hydrogens (tertiary/aromatic N) is 2. The Morgan fingerprint density at radius 2 is 0.652 bits per heavy atom. The van der Waals surface area contributed by atoms with Crippen molar-refractivity contribution in [1.82, 2.24) is 15.1 Å². The number of methoxy groups -OCH3 is 5. The van der Waals surface area contributed by atoms with E-state index in [4.69, 9.17) is 54.1 Å². The van der Waals surface area contributed by atoms with E-state index in [0.29, 0.717) is 91.9 Å². The van der Waals surface area contributed by atoms with Crippen LogP contribution in [0.3, 0.4) is 0 Å². The van der Waals surface area contributed by atoms with Crippen LogP contribution in [0.1, 0.15) is 68.6 Å². The molecule has 3 radical (unpaired) electrons. The number of nitrogens with two attached hydrogens (primary N) is 2. The molecule has 0 heterocycles. The van der Waals surface area contributed by atoms with Crippen LogP contribution in [0.15, 0.2) is 261 Å². The second-order valence-corrected chi connectivity index (χ2v) is 25.5. The largest absolute Gasteiger partial charge is 0.493 e. The van der Waals surface area contributed by atoms with Gasteiger partial charge in [0.05, 0.1) is 48.6 Å². The lowest BCUT2D eigenvalue weighted by atomic mass is 10.1. The Hall–Kier alpha value is -11.6. The van der Waals surface area contributed by atoms with Crippen LogP contribution in [-0.4, -0.2) is 105 Å². The van der Waals surface area contributed by atoms with Crippen molar-refractivity contribution < 1.29 is 69.8 Å². The van der Waals surface area contributed by atoms with Crippen molar-refractivity contribution in [2.45, 2.75) is 79.2 Å². The van der Waals surface area contributed by atoms with Crippen LogP contribution in [0.5, 0.6) is 46.0 Å². The predicted octanol–water partition coefficient (Wildman–Crippen LogP) is 16.5. The molecule has 0 aliphatic heterocycles. The van der Waals surface area contributed by atoms with E-state index in [1.165, 1.54) is 66.8 Å². The number of carbonyl (C=O) groups is 2. The second-order valence-electron chi connectivity index (χ2n) is 25.5. The highest BCUT2D eigenvalue weighted by Crippen LogP contribution is 2.33. The molecule has 0 aromatic heterocycles. The van der Waals surface area contributed by atoms with Gasteiger partial charge in [-0.25, -0.2) is 17.6 Å². The van der Waals surface area contributed by atoms with Gasteiger partial charge in [-0.2, -0.15) is 0 Å². The Kier molecular flexibility index (Phi) is 39.5. The zero-order chi connectivity index (χ0) is 78.1. The normalized spacial score (nSPS) is 10.5. The molecule has 0 unspecified atom stereocenters. The molecule has 0 aliphatic rings. The number of hydrogen-bond donors (Lipinski definition) is 3. The first-order valence-corrected chi connectivity index (χ1v) is 36.1. The Labute approximate surface area is 658 Å². The summed E-state index contributed by atoms with van der Waals surface area (Å²) in [7, 11) is 7.80. The van der Waals surface area contributed by atoms with Crippen molar-refractivity contribution in [2.24, 2.45) is 11.5 Å². The van der Waals surface area contributed by atoms with Crippen molar-refractivity contribution >= 4 is 20.3 Å². The molecule has 0 bridgehead atoms. The van der Waals surface area contributed by atoms with Crippen molar-refractivity contribution in [3.05, 3.63) is 345 Å². The van der Waals surface area contributed by atoms with E-state index in [1.54, 1.807) is 52.7 Å². The molecule has 587 valence electrons. The third-order valence-electron chi connectivity index (χ3n) is 17.1. The maximum Gasteiger partial charge on any atom is 0.319 e. The minimum atomic E-state index is -0.352. The maximum atomic E-state index is 13.4. The molecule has 11 rings (SSSR count). The minimum absolute atomic E-state index is 0. The predicted molar refractivity (Wildman–Crippen MR) is 434 cm³/mol. The SMILES string of the molecule is C.COC(=O)CN(CCc1ccc(OCc2cccc(F)c2)c(OC)c1)Cc1ccccc1.COc1cc(CCN(CC(N)=O)Cc2ccccc2)ccc1OCc1cccc(F)c1.COc1cc(CCN)ccc1OCc1cccc(F)c1.COc1cc(CCNCc2ccccc2)ccc1OCc1cccc(F)c1.[B]. The lowest BCUT2D eigenvalue weighted by molar-refractivity contribution is -0.142. The van der Waals surface area contributed by atoms with Crippen LogP contribution in [0.2, 0.25) is 0 Å². The molecule has 16 nitrogen and oxygen atoms in total. The summed E-state index contributed by atoms with van der Waals surface area (Å²) in [6.45, 7) is 6.48. The van der Waals surface area contributed by atoms with Gasteiger partial charge >= 0.3 is 5.97 Å². The topological polar surface area (TPSA) is 188 Å². The van der Waals surface area contributed by atoms with Crippen molar-refractivity contribution in [3.8, 4) is 46.0 Å². The van der Waals surface area contributed by atoms with Gasteiger partial charge in [-0.1, -0.05) is 171 Å². The summed E-state index contributed by atoms with van der Waals surface area (Å²) in [5.41, 5.74) is 21.9. The van der Waals surface area contributed by atoms with Crippen LogP contribution in [0, 0.1) is 23.3 Å². The van der Waals surface area contributed by atoms with Gasteiger partial charge in [0.2, 0.25) is 5.91 Å². The summed E-state index contributed by atoms with van der Waals surface area (Å²) in [6.07, 6.45) is 3.14. The summed E-state index contributed by atoms with van der Waals surface area (Å²) in [5.74, 6) is 3.32. The first-order valence-electron chi connectivity index (χ1n) is 36.1. The third kappa shape index (κ3) is 32.1. The number of benzene rings is 11. The zero-order valence-corrected chi connectivity index (χ0v) is 63.5. The molecular weight excluding hydrogens is 1430 g/mol. The number of amides is 1. The highest BCUT2D eigenvalue weighted by molar-refractivity contribution is 5.76. The van der Waals surface area contributed by atoms with Gasteiger partial charge in [-0.3, -0.25) is 19.4 Å². The number of nitrogens with one attached hydrogen (secondary N) is 1. The second kappa shape index (κ2) is 49.5. The Morgan fingerprint density at radius 1 is 0.348 bits per heavy atom. The summed E-state index contributed by atoms with van der Waals surface area (Å²) in [5, 5.41) is 3.45. The number of esters is 1. The smallest absolute Gasteiger partial charge is 0.319 e. The average Bonchev–Trinajstić information content (AvgIpc) is 0.866. The molecular formula is C91H101BF4N5O11. The number of ether oxygens (including phenoxy) is 9. The number of hydrogen-bond acceptors (Lipinski definition) is 15. The molecule has 11 aromatic carbocycles. The van der Waals surface area contributed by atoms with Crippen molar-refractivity contribution in [2.75, 3.05) is 74.8 Å². The highest BCUT2D eigenvalue weighted by atomic mass is 19.1. The molecule has 0 saturated carbocycles. The van der Waals surface area contributed by atoms with Gasteiger partial charge in [-0.15, -0.1) is 0 Å². The zero-order valence-electron chi connectivity index (χ0n) is 63.5. The average molecular weight is 1530 g/mol. The van der Waals surface area contributed by atoms with E-state index in [0.717, 1.165) is 88.8 Å². The fourth-order valence-corrected chi connectivity index (χ4v) is 11.5. The first kappa shape index (κ1) is 89.3. The number of primary amides is 1. The van der Waals surface area contributed by atoms with Crippen LogP contribution >= 0.6 is 0 Å². The summed E-state index contributed by atoms with van der Waals surface area (Å²) >= 11 is 0. The first-order chi connectivity index (χ1) is 53.6. The molecule has 0 fully saturated rings. The van der Waals surface area contributed by atoms with Crippen molar-refractivity contribution in [3.63, 3.8) is 0 Å². The molecule has 5 N–H and O–H groups in total. The van der Waals surface area contributed by atoms with Gasteiger partial charge in [0.1, 0.15) is 49.7 Å². The molecule has 0 aliphatic carbocycles. The lowest BCUT2D eigenvalue weighted by Gasteiger charge is -2.21. The Balaban J connectivity index is 0.000000234. The van der Waals surface area contributed by atoms with E-state index in [2.05, 4.69) is 22.3 Å². The fourth-order valence-electron chi connectivity index (χ4n) is 11.5. The van der Waals surface area contributed by atoms with Gasteiger partial charge < -0.3 is 59.4 Å².